The molecule has 1 aromatic rings. The van der Waals surface area contributed by atoms with Crippen LogP contribution in [0.1, 0.15) is 37.8 Å². The van der Waals surface area contributed by atoms with Gasteiger partial charge in [0.05, 0.1) is 5.41 Å². The molecule has 0 unspecified atom stereocenters. The SMILES string of the molecule is Cn1cccc1CN1CCC2(CC1)CCN(CC1CC1)C2=O.O=C(O)C(F)(F)F. The van der Waals surface area contributed by atoms with Gasteiger partial charge in [-0.3, -0.25) is 9.69 Å². The molecule has 0 radical (unpaired) electrons. The van der Waals surface area contributed by atoms with Crippen LogP contribution in [0.3, 0.4) is 0 Å². The molecule has 1 aliphatic carbocycles. The average Bonchev–Trinajstić information content (AvgIpc) is 3.33. The number of hydrogen-bond acceptors (Lipinski definition) is 3. The van der Waals surface area contributed by atoms with Crippen molar-refractivity contribution >= 4 is 11.9 Å². The number of nitrogens with zero attached hydrogens (tertiary/aromatic N) is 3. The van der Waals surface area contributed by atoms with Gasteiger partial charge in [0.25, 0.3) is 0 Å². The van der Waals surface area contributed by atoms with E-state index in [-0.39, 0.29) is 5.41 Å². The number of alkyl halides is 3. The number of amides is 1. The molecule has 1 saturated carbocycles. The number of hydrogen-bond donors (Lipinski definition) is 1. The first-order chi connectivity index (χ1) is 13.6. The van der Waals surface area contributed by atoms with E-state index in [4.69, 9.17) is 9.90 Å². The third-order valence-corrected chi connectivity index (χ3v) is 6.27. The molecular formula is C20H28F3N3O3. The van der Waals surface area contributed by atoms with Gasteiger partial charge in [0.2, 0.25) is 5.91 Å². The Balaban J connectivity index is 0.000000298. The average molecular weight is 415 g/mol. The minimum atomic E-state index is -5.08. The summed E-state index contributed by atoms with van der Waals surface area (Å²) in [6, 6.07) is 4.31. The topological polar surface area (TPSA) is 65.8 Å². The van der Waals surface area contributed by atoms with Crippen molar-refractivity contribution in [2.75, 3.05) is 26.2 Å². The molecule has 0 atom stereocenters. The van der Waals surface area contributed by atoms with E-state index in [9.17, 15) is 18.0 Å². The van der Waals surface area contributed by atoms with E-state index in [1.165, 1.54) is 18.5 Å². The summed E-state index contributed by atoms with van der Waals surface area (Å²) < 4.78 is 33.9. The van der Waals surface area contributed by atoms with Crippen LogP contribution in [-0.2, 0) is 23.2 Å². The number of carboxylic acid groups (broad SMARTS) is 1. The van der Waals surface area contributed by atoms with E-state index in [0.717, 1.165) is 57.9 Å². The predicted octanol–water partition coefficient (Wildman–Crippen LogP) is 2.88. The molecule has 6 nitrogen and oxygen atoms in total. The molecule has 2 saturated heterocycles. The van der Waals surface area contributed by atoms with Crippen LogP contribution in [0.5, 0.6) is 0 Å². The van der Waals surface area contributed by atoms with E-state index in [1.807, 2.05) is 0 Å². The standard InChI is InChI=1S/C18H27N3O.C2HF3O2/c1-19-9-2-3-16(19)14-20-10-6-18(7-11-20)8-12-21(17(18)22)13-15-4-5-15;3-2(4,5)1(6)7/h2-3,9,15H,4-8,10-14H2,1H3;(H,6,7). The van der Waals surface area contributed by atoms with E-state index in [0.29, 0.717) is 5.91 Å². The van der Waals surface area contributed by atoms with Crippen molar-refractivity contribution < 1.29 is 27.9 Å². The highest BCUT2D eigenvalue weighted by molar-refractivity contribution is 5.85. The Morgan fingerprint density at radius 3 is 2.28 bits per heavy atom. The molecule has 1 aromatic heterocycles. The first-order valence-corrected chi connectivity index (χ1v) is 10.0. The number of aromatic nitrogens is 1. The number of aliphatic carboxylic acids is 1. The number of likely N-dealkylation sites (tertiary alicyclic amines) is 2. The second-order valence-corrected chi connectivity index (χ2v) is 8.41. The van der Waals surface area contributed by atoms with E-state index >= 15 is 0 Å². The quantitative estimate of drug-likeness (QED) is 0.821. The first-order valence-electron chi connectivity index (χ1n) is 10.0. The molecule has 9 heteroatoms. The second-order valence-electron chi connectivity index (χ2n) is 8.41. The second kappa shape index (κ2) is 8.38. The third kappa shape index (κ3) is 5.32. The maximum atomic E-state index is 12.8. The fourth-order valence-corrected chi connectivity index (χ4v) is 4.17. The summed E-state index contributed by atoms with van der Waals surface area (Å²) in [4.78, 5) is 26.4. The van der Waals surface area contributed by atoms with Crippen LogP contribution in [0.2, 0.25) is 0 Å². The molecule has 162 valence electrons. The van der Waals surface area contributed by atoms with Crippen molar-refractivity contribution in [1.82, 2.24) is 14.4 Å². The first kappa shape index (κ1) is 21.7. The molecule has 0 bridgehead atoms. The van der Waals surface area contributed by atoms with Crippen LogP contribution >= 0.6 is 0 Å². The van der Waals surface area contributed by atoms with Crippen molar-refractivity contribution in [1.29, 1.82) is 0 Å². The molecule has 1 N–H and O–H groups in total. The molecule has 29 heavy (non-hydrogen) atoms. The lowest BCUT2D eigenvalue weighted by Gasteiger charge is -2.38. The zero-order valence-electron chi connectivity index (χ0n) is 16.6. The molecule has 1 spiro atoms. The van der Waals surface area contributed by atoms with Crippen LogP contribution in [0.4, 0.5) is 13.2 Å². The molecule has 0 aromatic carbocycles. The predicted molar refractivity (Wildman–Crippen MR) is 100.0 cm³/mol. The Bertz CT molecular complexity index is 735. The van der Waals surface area contributed by atoms with Crippen LogP contribution in [0.25, 0.3) is 0 Å². The van der Waals surface area contributed by atoms with Gasteiger partial charge in [0, 0.05) is 38.6 Å². The Morgan fingerprint density at radius 2 is 1.79 bits per heavy atom. The number of carboxylic acids is 1. The normalized spacial score (nSPS) is 21.9. The molecule has 3 aliphatic rings. The number of aryl methyl sites for hydroxylation is 1. The van der Waals surface area contributed by atoms with E-state index < -0.39 is 12.1 Å². The van der Waals surface area contributed by atoms with Gasteiger partial charge in [0.1, 0.15) is 0 Å². The molecule has 2 aliphatic heterocycles. The summed E-state index contributed by atoms with van der Waals surface area (Å²) in [7, 11) is 2.11. The number of piperidine rings is 1. The summed E-state index contributed by atoms with van der Waals surface area (Å²) in [5, 5.41) is 7.12. The van der Waals surface area contributed by atoms with Crippen molar-refractivity contribution in [3.63, 3.8) is 0 Å². The molecule has 1 amide bonds. The molecule has 4 rings (SSSR count). The Morgan fingerprint density at radius 1 is 1.21 bits per heavy atom. The van der Waals surface area contributed by atoms with Crippen molar-refractivity contribution in [2.24, 2.45) is 18.4 Å². The summed E-state index contributed by atoms with van der Waals surface area (Å²) in [6.07, 6.45) is 2.89. The highest BCUT2D eigenvalue weighted by atomic mass is 19.4. The zero-order valence-corrected chi connectivity index (χ0v) is 16.6. The van der Waals surface area contributed by atoms with Gasteiger partial charge in [-0.1, -0.05) is 0 Å². The maximum absolute atomic E-state index is 12.8. The molecule has 3 fully saturated rings. The highest BCUT2D eigenvalue weighted by Crippen LogP contribution is 2.43. The van der Waals surface area contributed by atoms with Crippen molar-refractivity contribution in [3.8, 4) is 0 Å². The summed E-state index contributed by atoms with van der Waals surface area (Å²) in [5.41, 5.74) is 1.35. The van der Waals surface area contributed by atoms with Crippen LogP contribution < -0.4 is 0 Å². The van der Waals surface area contributed by atoms with Gasteiger partial charge >= 0.3 is 12.1 Å². The lowest BCUT2D eigenvalue weighted by Crippen LogP contribution is -2.44. The summed E-state index contributed by atoms with van der Waals surface area (Å²) >= 11 is 0. The zero-order chi connectivity index (χ0) is 21.2. The Labute approximate surface area is 168 Å². The van der Waals surface area contributed by atoms with Gasteiger partial charge in [-0.2, -0.15) is 13.2 Å². The Hall–Kier alpha value is -2.03. The Kier molecular flexibility index (Phi) is 6.26. The van der Waals surface area contributed by atoms with Gasteiger partial charge in [-0.05, 0) is 63.2 Å². The summed E-state index contributed by atoms with van der Waals surface area (Å²) in [5.74, 6) is -1.47. The highest BCUT2D eigenvalue weighted by Gasteiger charge is 2.48. The number of carbonyl (C=O) groups is 2. The van der Waals surface area contributed by atoms with Gasteiger partial charge < -0.3 is 14.6 Å². The number of halogens is 3. The van der Waals surface area contributed by atoms with Crippen LogP contribution in [0, 0.1) is 11.3 Å². The minimum Gasteiger partial charge on any atom is -0.475 e. The molecular weight excluding hydrogens is 387 g/mol. The number of carbonyl (C=O) groups excluding carboxylic acids is 1. The third-order valence-electron chi connectivity index (χ3n) is 6.27. The largest absolute Gasteiger partial charge is 0.490 e. The van der Waals surface area contributed by atoms with Gasteiger partial charge in [0.15, 0.2) is 0 Å². The van der Waals surface area contributed by atoms with Gasteiger partial charge in [-0.15, -0.1) is 0 Å². The smallest absolute Gasteiger partial charge is 0.475 e. The van der Waals surface area contributed by atoms with Crippen molar-refractivity contribution in [2.45, 2.75) is 44.8 Å². The minimum absolute atomic E-state index is 0.0143. The summed E-state index contributed by atoms with van der Waals surface area (Å²) in [6.45, 7) is 5.18. The monoisotopic (exact) mass is 415 g/mol. The number of rotatable bonds is 4. The van der Waals surface area contributed by atoms with Gasteiger partial charge in [-0.25, -0.2) is 4.79 Å². The fraction of sp³-hybridized carbons (Fsp3) is 0.700. The lowest BCUT2D eigenvalue weighted by molar-refractivity contribution is -0.192. The maximum Gasteiger partial charge on any atom is 0.490 e. The lowest BCUT2D eigenvalue weighted by atomic mass is 9.77. The molecule has 3 heterocycles. The van der Waals surface area contributed by atoms with E-state index in [1.54, 1.807) is 0 Å². The van der Waals surface area contributed by atoms with Crippen LogP contribution in [-0.4, -0.2) is 63.7 Å². The van der Waals surface area contributed by atoms with Crippen LogP contribution in [0.15, 0.2) is 18.3 Å². The van der Waals surface area contributed by atoms with Crippen molar-refractivity contribution in [3.05, 3.63) is 24.0 Å². The fourth-order valence-electron chi connectivity index (χ4n) is 4.17. The van der Waals surface area contributed by atoms with E-state index in [2.05, 4.69) is 39.7 Å².